The molecule has 0 atom stereocenters. The quantitative estimate of drug-likeness (QED) is 0.567. The number of halogens is 3. The highest BCUT2D eigenvalue weighted by atomic mass is 19.4. The first-order chi connectivity index (χ1) is 14.1. The Morgan fingerprint density at radius 1 is 1.07 bits per heavy atom. The van der Waals surface area contributed by atoms with Gasteiger partial charge in [-0.3, -0.25) is 4.79 Å². The van der Waals surface area contributed by atoms with Gasteiger partial charge in [0.2, 0.25) is 0 Å². The Bertz CT molecular complexity index is 899. The number of benzene rings is 2. The van der Waals surface area contributed by atoms with Gasteiger partial charge in [-0.25, -0.2) is 4.79 Å². The molecular weight excluding hydrogens is 399 g/mol. The van der Waals surface area contributed by atoms with Gasteiger partial charge in [-0.05, 0) is 56.7 Å². The lowest BCUT2D eigenvalue weighted by Gasteiger charge is -2.15. The van der Waals surface area contributed by atoms with E-state index in [-0.39, 0.29) is 23.0 Å². The molecule has 162 valence electrons. The first-order valence-electron chi connectivity index (χ1n) is 9.43. The summed E-state index contributed by atoms with van der Waals surface area (Å²) in [5, 5.41) is 7.72. The van der Waals surface area contributed by atoms with Gasteiger partial charge in [0.25, 0.3) is 5.91 Å². The van der Waals surface area contributed by atoms with E-state index in [0.717, 1.165) is 12.1 Å². The van der Waals surface area contributed by atoms with Crippen LogP contribution in [-0.4, -0.2) is 24.6 Å². The van der Waals surface area contributed by atoms with Crippen molar-refractivity contribution in [2.45, 2.75) is 39.4 Å². The Morgan fingerprint density at radius 3 is 2.43 bits per heavy atom. The predicted octanol–water partition coefficient (Wildman–Crippen LogP) is 5.28. The number of amides is 3. The first-order valence-corrected chi connectivity index (χ1v) is 9.43. The molecule has 0 radical (unpaired) electrons. The Kier molecular flexibility index (Phi) is 7.68. The van der Waals surface area contributed by atoms with Crippen LogP contribution >= 0.6 is 0 Å². The van der Waals surface area contributed by atoms with Crippen molar-refractivity contribution in [2.75, 3.05) is 17.2 Å². The van der Waals surface area contributed by atoms with Crippen molar-refractivity contribution < 1.29 is 27.5 Å². The zero-order valence-electron chi connectivity index (χ0n) is 16.9. The molecule has 0 fully saturated rings. The van der Waals surface area contributed by atoms with E-state index >= 15 is 0 Å². The van der Waals surface area contributed by atoms with Crippen LogP contribution in [-0.2, 0) is 6.18 Å². The molecule has 0 aliphatic rings. The third-order valence-corrected chi connectivity index (χ3v) is 3.82. The molecule has 2 rings (SSSR count). The van der Waals surface area contributed by atoms with E-state index in [1.807, 2.05) is 6.92 Å². The van der Waals surface area contributed by atoms with Crippen molar-refractivity contribution in [3.63, 3.8) is 0 Å². The zero-order chi connectivity index (χ0) is 22.3. The first kappa shape index (κ1) is 23.1. The van der Waals surface area contributed by atoms with Crippen LogP contribution in [0.4, 0.5) is 29.3 Å². The molecule has 0 aromatic heterocycles. The van der Waals surface area contributed by atoms with E-state index in [1.54, 1.807) is 26.0 Å². The van der Waals surface area contributed by atoms with Gasteiger partial charge in [-0.1, -0.05) is 13.0 Å². The summed E-state index contributed by atoms with van der Waals surface area (Å²) in [5.74, 6) is -0.493. The maximum absolute atomic E-state index is 13.1. The highest BCUT2D eigenvalue weighted by Crippen LogP contribution is 2.35. The van der Waals surface area contributed by atoms with Crippen molar-refractivity contribution in [1.82, 2.24) is 5.32 Å². The van der Waals surface area contributed by atoms with Gasteiger partial charge in [-0.2, -0.15) is 13.2 Å². The Balaban J connectivity index is 2.24. The number of urea groups is 1. The molecule has 0 saturated heterocycles. The number of hydrogen-bond acceptors (Lipinski definition) is 3. The van der Waals surface area contributed by atoms with E-state index in [4.69, 9.17) is 4.74 Å². The van der Waals surface area contributed by atoms with E-state index in [9.17, 15) is 22.8 Å². The molecular formula is C21H24F3N3O3. The minimum Gasteiger partial charge on any atom is -0.491 e. The highest BCUT2D eigenvalue weighted by Gasteiger charge is 2.31. The number of anilines is 2. The van der Waals surface area contributed by atoms with Crippen molar-refractivity contribution in [3.8, 4) is 5.75 Å². The van der Waals surface area contributed by atoms with Gasteiger partial charge in [0.05, 0.1) is 17.9 Å². The maximum Gasteiger partial charge on any atom is 0.416 e. The second-order valence-corrected chi connectivity index (χ2v) is 6.85. The molecule has 0 aliphatic heterocycles. The minimum atomic E-state index is -4.56. The normalized spacial score (nSPS) is 11.2. The topological polar surface area (TPSA) is 79.5 Å². The number of carbonyl (C=O) groups excluding carboxylic acids is 2. The van der Waals surface area contributed by atoms with Crippen molar-refractivity contribution in [1.29, 1.82) is 0 Å². The fourth-order valence-electron chi connectivity index (χ4n) is 2.50. The highest BCUT2D eigenvalue weighted by molar-refractivity contribution is 6.06. The van der Waals surface area contributed by atoms with E-state index < -0.39 is 23.7 Å². The summed E-state index contributed by atoms with van der Waals surface area (Å²) in [5.41, 5.74) is -0.454. The molecule has 9 heteroatoms. The van der Waals surface area contributed by atoms with Crippen molar-refractivity contribution in [2.24, 2.45) is 0 Å². The molecule has 2 aromatic rings. The van der Waals surface area contributed by atoms with Crippen LogP contribution in [0.2, 0.25) is 0 Å². The summed E-state index contributed by atoms with van der Waals surface area (Å²) in [6.07, 6.45) is -3.91. The molecule has 3 N–H and O–H groups in total. The molecule has 30 heavy (non-hydrogen) atoms. The van der Waals surface area contributed by atoms with Gasteiger partial charge in [0, 0.05) is 17.3 Å². The van der Waals surface area contributed by atoms with Gasteiger partial charge < -0.3 is 20.7 Å². The minimum absolute atomic E-state index is 0.0704. The zero-order valence-corrected chi connectivity index (χ0v) is 16.9. The molecule has 0 aliphatic carbocycles. The average molecular weight is 423 g/mol. The molecule has 0 spiro atoms. The van der Waals surface area contributed by atoms with Crippen LogP contribution in [0.5, 0.6) is 5.75 Å². The van der Waals surface area contributed by atoms with Gasteiger partial charge in [0.1, 0.15) is 5.75 Å². The summed E-state index contributed by atoms with van der Waals surface area (Å²) in [6, 6.07) is 8.48. The van der Waals surface area contributed by atoms with Crippen LogP contribution in [0, 0.1) is 0 Å². The fourth-order valence-corrected chi connectivity index (χ4v) is 2.50. The average Bonchev–Trinajstić information content (AvgIpc) is 2.65. The monoisotopic (exact) mass is 423 g/mol. The van der Waals surface area contributed by atoms with Gasteiger partial charge in [-0.15, -0.1) is 0 Å². The van der Waals surface area contributed by atoms with Crippen molar-refractivity contribution in [3.05, 3.63) is 53.6 Å². The summed E-state index contributed by atoms with van der Waals surface area (Å²) in [6.45, 7) is 5.75. The number of ether oxygens (including phenoxy) is 1. The molecule has 0 unspecified atom stereocenters. The smallest absolute Gasteiger partial charge is 0.416 e. The van der Waals surface area contributed by atoms with Crippen LogP contribution in [0.1, 0.15) is 43.1 Å². The second kappa shape index (κ2) is 10.00. The Hall–Kier alpha value is -3.23. The van der Waals surface area contributed by atoms with E-state index in [0.29, 0.717) is 18.7 Å². The summed E-state index contributed by atoms with van der Waals surface area (Å²) in [4.78, 5) is 24.5. The summed E-state index contributed by atoms with van der Waals surface area (Å²) >= 11 is 0. The van der Waals surface area contributed by atoms with Crippen LogP contribution in [0.25, 0.3) is 0 Å². The van der Waals surface area contributed by atoms with Gasteiger partial charge in [0.15, 0.2) is 0 Å². The molecule has 3 amide bonds. The maximum atomic E-state index is 13.1. The van der Waals surface area contributed by atoms with E-state index in [1.165, 1.54) is 18.2 Å². The number of nitrogens with one attached hydrogen (secondary N) is 3. The standard InChI is InChI=1S/C21H24F3N3O3/c1-4-10-30-18-9-8-15(21(22,23)24)12-17(18)27-19(28)14-6-5-7-16(11-14)26-20(29)25-13(2)3/h5-9,11-13H,4,10H2,1-3H3,(H,27,28)(H2,25,26,29). The van der Waals surface area contributed by atoms with Crippen LogP contribution < -0.4 is 20.7 Å². The number of rotatable bonds is 7. The predicted molar refractivity (Wildman–Crippen MR) is 109 cm³/mol. The third kappa shape index (κ3) is 6.68. The number of alkyl halides is 3. The largest absolute Gasteiger partial charge is 0.491 e. The SMILES string of the molecule is CCCOc1ccc(C(F)(F)F)cc1NC(=O)c1cccc(NC(=O)NC(C)C)c1. The van der Waals surface area contributed by atoms with Crippen molar-refractivity contribution >= 4 is 23.3 Å². The molecule has 2 aromatic carbocycles. The lowest BCUT2D eigenvalue weighted by atomic mass is 10.1. The lowest BCUT2D eigenvalue weighted by molar-refractivity contribution is -0.137. The molecule has 0 saturated carbocycles. The Morgan fingerprint density at radius 2 is 1.80 bits per heavy atom. The molecule has 6 nitrogen and oxygen atoms in total. The van der Waals surface area contributed by atoms with Crippen LogP contribution in [0.3, 0.4) is 0 Å². The molecule has 0 bridgehead atoms. The van der Waals surface area contributed by atoms with Crippen LogP contribution in [0.15, 0.2) is 42.5 Å². The number of carbonyl (C=O) groups is 2. The summed E-state index contributed by atoms with van der Waals surface area (Å²) in [7, 11) is 0. The Labute approximate surface area is 172 Å². The van der Waals surface area contributed by atoms with E-state index in [2.05, 4.69) is 16.0 Å². The third-order valence-electron chi connectivity index (χ3n) is 3.82. The lowest BCUT2D eigenvalue weighted by Crippen LogP contribution is -2.34. The summed E-state index contributed by atoms with van der Waals surface area (Å²) < 4.78 is 44.7. The number of hydrogen-bond donors (Lipinski definition) is 3. The fraction of sp³-hybridized carbons (Fsp3) is 0.333. The molecule has 0 heterocycles. The second-order valence-electron chi connectivity index (χ2n) is 6.85. The van der Waals surface area contributed by atoms with Gasteiger partial charge >= 0.3 is 12.2 Å².